The Bertz CT molecular complexity index is 942. The molecular weight excluding hydrogens is 408 g/mol. The maximum Gasteiger partial charge on any atom is 0.264 e. The van der Waals surface area contributed by atoms with E-state index in [0.717, 1.165) is 22.7 Å². The van der Waals surface area contributed by atoms with E-state index in [1.807, 2.05) is 6.92 Å². The average Bonchev–Trinajstić information content (AvgIpc) is 2.74. The molecule has 3 rings (SSSR count). The van der Waals surface area contributed by atoms with E-state index in [4.69, 9.17) is 11.6 Å². The van der Waals surface area contributed by atoms with Crippen LogP contribution in [0.4, 0.5) is 5.69 Å². The number of rotatable bonds is 7. The molecule has 0 unspecified atom stereocenters. The average molecular weight is 435 g/mol. The van der Waals surface area contributed by atoms with Crippen molar-refractivity contribution >= 4 is 33.2 Å². The molecule has 0 aromatic heterocycles. The van der Waals surface area contributed by atoms with E-state index >= 15 is 0 Å². The number of amides is 1. The van der Waals surface area contributed by atoms with Crippen LogP contribution < -0.4 is 9.62 Å². The van der Waals surface area contributed by atoms with Crippen molar-refractivity contribution in [3.8, 4) is 0 Å². The van der Waals surface area contributed by atoms with Gasteiger partial charge in [0.1, 0.15) is 6.54 Å². The van der Waals surface area contributed by atoms with Crippen LogP contribution in [0.25, 0.3) is 0 Å². The Hall–Kier alpha value is -2.05. The third kappa shape index (κ3) is 5.52. The van der Waals surface area contributed by atoms with Crippen LogP contribution >= 0.6 is 11.6 Å². The molecule has 5 nitrogen and oxygen atoms in total. The lowest BCUT2D eigenvalue weighted by Gasteiger charge is -2.26. The number of hydrogen-bond donors (Lipinski definition) is 1. The highest BCUT2D eigenvalue weighted by molar-refractivity contribution is 7.92. The Morgan fingerprint density at radius 2 is 1.79 bits per heavy atom. The number of nitrogens with one attached hydrogen (secondary N) is 1. The molecule has 1 amide bonds. The molecule has 2 aromatic rings. The zero-order valence-corrected chi connectivity index (χ0v) is 18.2. The molecule has 156 valence electrons. The van der Waals surface area contributed by atoms with Crippen LogP contribution in [-0.2, 0) is 14.8 Å². The third-order valence-corrected chi connectivity index (χ3v) is 7.57. The maximum absolute atomic E-state index is 13.3. The smallest absolute Gasteiger partial charge is 0.264 e. The normalized spacial score (nSPS) is 15.1. The summed E-state index contributed by atoms with van der Waals surface area (Å²) in [5.41, 5.74) is 1.21. The number of benzene rings is 2. The van der Waals surface area contributed by atoms with Crippen molar-refractivity contribution in [2.24, 2.45) is 5.92 Å². The van der Waals surface area contributed by atoms with Crippen molar-refractivity contribution in [1.82, 2.24) is 5.32 Å². The molecule has 1 aliphatic carbocycles. The minimum Gasteiger partial charge on any atom is -0.354 e. The fraction of sp³-hybridized carbons (Fsp3) is 0.409. The highest BCUT2D eigenvalue weighted by Gasteiger charge is 2.27. The molecule has 0 atom stereocenters. The number of aryl methyl sites for hydroxylation is 1. The van der Waals surface area contributed by atoms with Crippen LogP contribution in [0.1, 0.15) is 37.7 Å². The fourth-order valence-electron chi connectivity index (χ4n) is 3.61. The Morgan fingerprint density at radius 3 is 2.45 bits per heavy atom. The first-order valence-corrected chi connectivity index (χ1v) is 11.8. The van der Waals surface area contributed by atoms with Crippen LogP contribution in [0.15, 0.2) is 53.4 Å². The molecule has 0 aliphatic heterocycles. The number of anilines is 1. The molecule has 7 heteroatoms. The topological polar surface area (TPSA) is 66.5 Å². The predicted octanol–water partition coefficient (Wildman–Crippen LogP) is 4.54. The molecule has 1 aliphatic rings. The van der Waals surface area contributed by atoms with E-state index < -0.39 is 10.0 Å². The van der Waals surface area contributed by atoms with Gasteiger partial charge in [0, 0.05) is 11.6 Å². The lowest BCUT2D eigenvalue weighted by Crippen LogP contribution is -2.42. The minimum atomic E-state index is -3.91. The van der Waals surface area contributed by atoms with Gasteiger partial charge in [-0.3, -0.25) is 9.10 Å². The lowest BCUT2D eigenvalue weighted by atomic mass is 9.89. The van der Waals surface area contributed by atoms with Crippen LogP contribution in [0, 0.1) is 12.8 Å². The van der Waals surface area contributed by atoms with E-state index in [-0.39, 0.29) is 17.3 Å². The number of carbonyl (C=O) groups is 1. The van der Waals surface area contributed by atoms with E-state index in [0.29, 0.717) is 23.2 Å². The SMILES string of the molecule is Cc1ccc(N(CC(=O)NCC2CCCCC2)S(=O)(=O)c2ccccc2)cc1Cl. The van der Waals surface area contributed by atoms with Crippen LogP contribution in [0.3, 0.4) is 0 Å². The summed E-state index contributed by atoms with van der Waals surface area (Å²) in [6.45, 7) is 2.15. The summed E-state index contributed by atoms with van der Waals surface area (Å²) in [5.74, 6) is 0.160. The number of halogens is 1. The first-order chi connectivity index (χ1) is 13.9. The summed E-state index contributed by atoms with van der Waals surface area (Å²) < 4.78 is 27.7. The second kappa shape index (κ2) is 9.63. The van der Waals surface area contributed by atoms with E-state index in [2.05, 4.69) is 5.32 Å². The van der Waals surface area contributed by atoms with Gasteiger partial charge in [0.2, 0.25) is 5.91 Å². The second-order valence-corrected chi connectivity index (χ2v) is 9.84. The van der Waals surface area contributed by atoms with Gasteiger partial charge >= 0.3 is 0 Å². The summed E-state index contributed by atoms with van der Waals surface area (Å²) in [6.07, 6.45) is 5.86. The molecule has 0 radical (unpaired) electrons. The summed E-state index contributed by atoms with van der Waals surface area (Å²) in [4.78, 5) is 12.8. The van der Waals surface area contributed by atoms with Gasteiger partial charge in [0.15, 0.2) is 0 Å². The molecule has 2 aromatic carbocycles. The molecule has 1 N–H and O–H groups in total. The Balaban J connectivity index is 1.82. The number of hydrogen-bond acceptors (Lipinski definition) is 3. The van der Waals surface area contributed by atoms with Gasteiger partial charge in [-0.25, -0.2) is 8.42 Å². The van der Waals surface area contributed by atoms with Gasteiger partial charge in [-0.2, -0.15) is 0 Å². The van der Waals surface area contributed by atoms with Crippen LogP contribution in [-0.4, -0.2) is 27.4 Å². The molecule has 0 heterocycles. The van der Waals surface area contributed by atoms with Gasteiger partial charge in [-0.1, -0.05) is 55.1 Å². The van der Waals surface area contributed by atoms with Gasteiger partial charge in [0.25, 0.3) is 10.0 Å². The summed E-state index contributed by atoms with van der Waals surface area (Å²) in [6, 6.07) is 13.2. The van der Waals surface area contributed by atoms with E-state index in [9.17, 15) is 13.2 Å². The predicted molar refractivity (Wildman–Crippen MR) is 117 cm³/mol. The summed E-state index contributed by atoms with van der Waals surface area (Å²) in [5, 5.41) is 3.38. The van der Waals surface area contributed by atoms with Gasteiger partial charge < -0.3 is 5.32 Å². The standard InChI is InChI=1S/C22H27ClN2O3S/c1-17-12-13-19(14-21(17)23)25(29(27,28)20-10-6-3-7-11-20)16-22(26)24-15-18-8-4-2-5-9-18/h3,6-7,10-14,18H,2,4-5,8-9,15-16H2,1H3,(H,24,26). The zero-order chi connectivity index (χ0) is 20.9. The Labute approximate surface area is 178 Å². The molecule has 29 heavy (non-hydrogen) atoms. The quantitative estimate of drug-likeness (QED) is 0.695. The van der Waals surface area contributed by atoms with E-state index in [1.54, 1.807) is 36.4 Å². The monoisotopic (exact) mass is 434 g/mol. The maximum atomic E-state index is 13.3. The Kier molecular flexibility index (Phi) is 7.19. The first-order valence-electron chi connectivity index (χ1n) is 9.98. The van der Waals surface area contributed by atoms with Crippen molar-refractivity contribution in [2.75, 3.05) is 17.4 Å². The van der Waals surface area contributed by atoms with Crippen molar-refractivity contribution in [3.63, 3.8) is 0 Å². The van der Waals surface area contributed by atoms with Crippen molar-refractivity contribution < 1.29 is 13.2 Å². The van der Waals surface area contributed by atoms with Crippen LogP contribution in [0.2, 0.25) is 5.02 Å². The van der Waals surface area contributed by atoms with E-state index in [1.165, 1.54) is 31.4 Å². The molecule has 0 bridgehead atoms. The largest absolute Gasteiger partial charge is 0.354 e. The highest BCUT2D eigenvalue weighted by Crippen LogP contribution is 2.28. The second-order valence-electron chi connectivity index (χ2n) is 7.57. The van der Waals surface area contributed by atoms with Gasteiger partial charge in [-0.15, -0.1) is 0 Å². The molecule has 1 saturated carbocycles. The lowest BCUT2D eigenvalue weighted by molar-refractivity contribution is -0.119. The minimum absolute atomic E-state index is 0.136. The van der Waals surface area contributed by atoms with Gasteiger partial charge in [-0.05, 0) is 55.5 Å². The molecule has 0 spiro atoms. The first kappa shape index (κ1) is 21.7. The van der Waals surface area contributed by atoms with Crippen molar-refractivity contribution in [2.45, 2.75) is 43.9 Å². The summed E-state index contributed by atoms with van der Waals surface area (Å²) in [7, 11) is -3.91. The molecular formula is C22H27ClN2O3S. The third-order valence-electron chi connectivity index (χ3n) is 5.37. The number of nitrogens with zero attached hydrogens (tertiary/aromatic N) is 1. The molecule has 0 saturated heterocycles. The number of sulfonamides is 1. The Morgan fingerprint density at radius 1 is 1.10 bits per heavy atom. The number of carbonyl (C=O) groups excluding carboxylic acids is 1. The molecule has 1 fully saturated rings. The summed E-state index contributed by atoms with van der Waals surface area (Å²) >= 11 is 6.23. The fourth-order valence-corrected chi connectivity index (χ4v) is 5.22. The zero-order valence-electron chi connectivity index (χ0n) is 16.6. The highest BCUT2D eigenvalue weighted by atomic mass is 35.5. The van der Waals surface area contributed by atoms with Crippen molar-refractivity contribution in [1.29, 1.82) is 0 Å². The van der Waals surface area contributed by atoms with Crippen molar-refractivity contribution in [3.05, 3.63) is 59.1 Å². The van der Waals surface area contributed by atoms with Crippen LogP contribution in [0.5, 0.6) is 0 Å². The van der Waals surface area contributed by atoms with Gasteiger partial charge in [0.05, 0.1) is 10.6 Å².